The van der Waals surface area contributed by atoms with Gasteiger partial charge in [-0.1, -0.05) is 35.5 Å². The lowest BCUT2D eigenvalue weighted by Crippen LogP contribution is -2.07. The van der Waals surface area contributed by atoms with Gasteiger partial charge in [-0.15, -0.1) is 0 Å². The fraction of sp³-hybridized carbons (Fsp3) is 0.455. The van der Waals surface area contributed by atoms with Crippen molar-refractivity contribution >= 4 is 0 Å². The second-order valence-electron chi connectivity index (χ2n) is 3.15. The second-order valence-corrected chi connectivity index (χ2v) is 3.15. The van der Waals surface area contributed by atoms with E-state index >= 15 is 0 Å². The molecule has 0 radical (unpaired) electrons. The summed E-state index contributed by atoms with van der Waals surface area (Å²) in [5, 5.41) is 3.15. The highest BCUT2D eigenvalue weighted by molar-refractivity contribution is 5.31. The summed E-state index contributed by atoms with van der Waals surface area (Å²) in [6, 6.07) is 0. The minimum atomic E-state index is 0. The molecule has 1 rings (SSSR count). The standard InChI is InChI=1S/C11H17N.H2/c1-10-4-3-5-11(7-6-10)8-9-12-2;/h4-7,12H,3,8-9H2,1-2H3;1H. The van der Waals surface area contributed by atoms with Gasteiger partial charge in [0.15, 0.2) is 0 Å². The highest BCUT2D eigenvalue weighted by Gasteiger charge is 1.94. The van der Waals surface area contributed by atoms with Gasteiger partial charge in [0.25, 0.3) is 0 Å². The zero-order valence-corrected chi connectivity index (χ0v) is 7.93. The molecule has 1 aliphatic carbocycles. The van der Waals surface area contributed by atoms with Crippen LogP contribution in [0.15, 0.2) is 35.5 Å². The summed E-state index contributed by atoms with van der Waals surface area (Å²) in [6.07, 6.45) is 11.2. The van der Waals surface area contributed by atoms with Crippen LogP contribution in [0.2, 0.25) is 0 Å². The molecule has 0 aromatic rings. The molecule has 0 aromatic carbocycles. The molecule has 1 nitrogen and oxygen atoms in total. The highest BCUT2D eigenvalue weighted by atomic mass is 14.8. The van der Waals surface area contributed by atoms with Crippen LogP contribution in [0.4, 0.5) is 0 Å². The summed E-state index contributed by atoms with van der Waals surface area (Å²) < 4.78 is 0. The number of rotatable bonds is 3. The number of nitrogens with one attached hydrogen (secondary N) is 1. The molecule has 1 aliphatic rings. The predicted octanol–water partition coefficient (Wildman–Crippen LogP) is 2.67. The quantitative estimate of drug-likeness (QED) is 0.678. The molecule has 0 atom stereocenters. The van der Waals surface area contributed by atoms with Crippen molar-refractivity contribution in [2.75, 3.05) is 13.6 Å². The summed E-state index contributed by atoms with van der Waals surface area (Å²) in [4.78, 5) is 0. The Labute approximate surface area is 76.3 Å². The maximum atomic E-state index is 3.15. The number of hydrogen-bond donors (Lipinski definition) is 1. The first kappa shape index (κ1) is 9.27. The Bertz CT molecular complexity index is 226. The molecule has 0 amide bonds. The van der Waals surface area contributed by atoms with Gasteiger partial charge in [-0.25, -0.2) is 0 Å². The van der Waals surface area contributed by atoms with Gasteiger partial charge in [-0.2, -0.15) is 0 Å². The maximum Gasteiger partial charge on any atom is 0 e. The molecule has 0 saturated heterocycles. The first-order valence-electron chi connectivity index (χ1n) is 4.51. The fourth-order valence-electron chi connectivity index (χ4n) is 1.23. The molecular weight excluding hydrogens is 146 g/mol. The summed E-state index contributed by atoms with van der Waals surface area (Å²) in [5.74, 6) is 0. The van der Waals surface area contributed by atoms with Crippen molar-refractivity contribution in [2.45, 2.75) is 19.8 Å². The normalized spacial score (nSPS) is 16.8. The van der Waals surface area contributed by atoms with E-state index in [1.165, 1.54) is 11.1 Å². The zero-order chi connectivity index (χ0) is 8.81. The SMILES string of the molecule is CNCCC1=CCC=C(C)C=C1.[HH]. The van der Waals surface area contributed by atoms with Crippen molar-refractivity contribution in [3.05, 3.63) is 35.5 Å². The van der Waals surface area contributed by atoms with Gasteiger partial charge >= 0.3 is 0 Å². The molecule has 0 bridgehead atoms. The molecule has 0 saturated carbocycles. The van der Waals surface area contributed by atoms with Crippen LogP contribution in [-0.4, -0.2) is 13.6 Å². The fourth-order valence-corrected chi connectivity index (χ4v) is 1.23. The first-order chi connectivity index (χ1) is 5.83. The van der Waals surface area contributed by atoms with Crippen molar-refractivity contribution in [3.63, 3.8) is 0 Å². The molecule has 12 heavy (non-hydrogen) atoms. The summed E-state index contributed by atoms with van der Waals surface area (Å²) in [6.45, 7) is 3.21. The van der Waals surface area contributed by atoms with Crippen molar-refractivity contribution in [1.82, 2.24) is 5.32 Å². The van der Waals surface area contributed by atoms with Crippen molar-refractivity contribution in [2.24, 2.45) is 0 Å². The van der Waals surface area contributed by atoms with E-state index < -0.39 is 0 Å². The van der Waals surface area contributed by atoms with E-state index in [4.69, 9.17) is 0 Å². The smallest absolute Gasteiger partial charge is 0 e. The van der Waals surface area contributed by atoms with Gasteiger partial charge in [-0.05, 0) is 33.4 Å². The van der Waals surface area contributed by atoms with E-state index in [9.17, 15) is 0 Å². The van der Waals surface area contributed by atoms with Gasteiger partial charge in [0.2, 0.25) is 0 Å². The first-order valence-corrected chi connectivity index (χ1v) is 4.51. The molecule has 1 N–H and O–H groups in total. The van der Waals surface area contributed by atoms with Gasteiger partial charge in [0.1, 0.15) is 0 Å². The van der Waals surface area contributed by atoms with Crippen LogP contribution in [0, 0.1) is 0 Å². The van der Waals surface area contributed by atoms with Crippen LogP contribution < -0.4 is 5.32 Å². The lowest BCUT2D eigenvalue weighted by Gasteiger charge is -1.99. The second kappa shape index (κ2) is 4.94. The van der Waals surface area contributed by atoms with Gasteiger partial charge in [-0.3, -0.25) is 0 Å². The van der Waals surface area contributed by atoms with Crippen LogP contribution in [0.1, 0.15) is 21.2 Å². The van der Waals surface area contributed by atoms with E-state index in [0.717, 1.165) is 19.4 Å². The molecule has 0 heterocycles. The van der Waals surface area contributed by atoms with Crippen molar-refractivity contribution < 1.29 is 1.43 Å². The predicted molar refractivity (Wildman–Crippen MR) is 56.3 cm³/mol. The van der Waals surface area contributed by atoms with Gasteiger partial charge < -0.3 is 5.32 Å². The molecule has 0 unspecified atom stereocenters. The lowest BCUT2D eigenvalue weighted by molar-refractivity contribution is 0.792. The molecule has 1 heteroatoms. The largest absolute Gasteiger partial charge is 0.319 e. The number of hydrogen-bond acceptors (Lipinski definition) is 1. The van der Waals surface area contributed by atoms with Crippen LogP contribution >= 0.6 is 0 Å². The Kier molecular flexibility index (Phi) is 3.81. The minimum absolute atomic E-state index is 0. The topological polar surface area (TPSA) is 12.0 Å². The van der Waals surface area contributed by atoms with Crippen LogP contribution in [0.25, 0.3) is 0 Å². The summed E-state index contributed by atoms with van der Waals surface area (Å²) >= 11 is 0. The van der Waals surface area contributed by atoms with Crippen LogP contribution in [-0.2, 0) is 0 Å². The highest BCUT2D eigenvalue weighted by Crippen LogP contribution is 2.11. The minimum Gasteiger partial charge on any atom is -0.319 e. The average molecular weight is 165 g/mol. The van der Waals surface area contributed by atoms with Crippen molar-refractivity contribution in [3.8, 4) is 0 Å². The van der Waals surface area contributed by atoms with Crippen LogP contribution in [0.5, 0.6) is 0 Å². The lowest BCUT2D eigenvalue weighted by atomic mass is 10.1. The Morgan fingerprint density at radius 2 is 2.25 bits per heavy atom. The molecule has 0 aliphatic heterocycles. The monoisotopic (exact) mass is 165 g/mol. The van der Waals surface area contributed by atoms with E-state index in [1.54, 1.807) is 0 Å². The molecule has 68 valence electrons. The third kappa shape index (κ3) is 3.05. The van der Waals surface area contributed by atoms with E-state index in [1.807, 2.05) is 7.05 Å². The Morgan fingerprint density at radius 3 is 3.00 bits per heavy atom. The van der Waals surface area contributed by atoms with Gasteiger partial charge in [0, 0.05) is 1.43 Å². The third-order valence-corrected chi connectivity index (χ3v) is 2.04. The molecule has 0 aromatic heterocycles. The van der Waals surface area contributed by atoms with Crippen LogP contribution in [0.3, 0.4) is 0 Å². The molecule has 0 fully saturated rings. The van der Waals surface area contributed by atoms with Crippen molar-refractivity contribution in [1.29, 1.82) is 0 Å². The Morgan fingerprint density at radius 1 is 1.42 bits per heavy atom. The Hall–Kier alpha value is -0.820. The maximum absolute atomic E-state index is 3.15. The van der Waals surface area contributed by atoms with Gasteiger partial charge in [0.05, 0.1) is 0 Å². The Balaban J connectivity index is 0.00000144. The third-order valence-electron chi connectivity index (χ3n) is 2.04. The van der Waals surface area contributed by atoms with E-state index in [-0.39, 0.29) is 1.43 Å². The summed E-state index contributed by atoms with van der Waals surface area (Å²) in [7, 11) is 1.99. The van der Waals surface area contributed by atoms with E-state index in [2.05, 4.69) is 36.5 Å². The summed E-state index contributed by atoms with van der Waals surface area (Å²) in [5.41, 5.74) is 2.81. The average Bonchev–Trinajstić information content (AvgIpc) is 2.27. The molecular formula is C11H19N. The zero-order valence-electron chi connectivity index (χ0n) is 7.93. The number of allylic oxidation sites excluding steroid dienone is 5. The van der Waals surface area contributed by atoms with E-state index in [0.29, 0.717) is 0 Å². The molecule has 0 spiro atoms.